The molecule has 6 heteroatoms. The Kier molecular flexibility index (Phi) is 7.92. The quantitative estimate of drug-likeness (QED) is 0.643. The van der Waals surface area contributed by atoms with Crippen LogP contribution in [0.4, 0.5) is 4.39 Å². The van der Waals surface area contributed by atoms with E-state index in [-0.39, 0.29) is 11.7 Å². The van der Waals surface area contributed by atoms with Crippen LogP contribution in [0.3, 0.4) is 0 Å². The molecule has 0 fully saturated rings. The van der Waals surface area contributed by atoms with Gasteiger partial charge in [0.05, 0.1) is 14.2 Å². The number of carbonyl (C=O) groups excluding carboxylic acids is 1. The van der Waals surface area contributed by atoms with Crippen molar-refractivity contribution < 1.29 is 23.4 Å². The molecule has 0 unspecified atom stereocenters. The average Bonchev–Trinajstić information content (AvgIpc) is 2.70. The largest absolute Gasteiger partial charge is 0.493 e. The zero-order valence-electron chi connectivity index (χ0n) is 16.0. The smallest absolute Gasteiger partial charge is 0.261 e. The summed E-state index contributed by atoms with van der Waals surface area (Å²) in [5.41, 5.74) is 1.11. The van der Waals surface area contributed by atoms with Gasteiger partial charge in [0.1, 0.15) is 11.6 Å². The van der Waals surface area contributed by atoms with Crippen molar-refractivity contribution in [1.82, 2.24) is 5.32 Å². The Bertz CT molecular complexity index is 733. The zero-order chi connectivity index (χ0) is 19.6. The number of amides is 1. The minimum absolute atomic E-state index is 0.172. The fraction of sp³-hybridized carbons (Fsp3) is 0.381. The van der Waals surface area contributed by atoms with E-state index in [1.807, 2.05) is 25.1 Å². The molecule has 146 valence electrons. The highest BCUT2D eigenvalue weighted by Gasteiger charge is 2.17. The van der Waals surface area contributed by atoms with Crippen LogP contribution in [-0.2, 0) is 11.2 Å². The summed E-state index contributed by atoms with van der Waals surface area (Å²) in [6, 6.07) is 11.4. The molecule has 5 nitrogen and oxygen atoms in total. The highest BCUT2D eigenvalue weighted by Crippen LogP contribution is 2.27. The SMILES string of the molecule is CC[C@H](Oc1ccc(F)cc1)C(=O)NCCCc1ccc(OC)c(OC)c1. The fourth-order valence-electron chi connectivity index (χ4n) is 2.65. The number of ether oxygens (including phenoxy) is 3. The number of methoxy groups -OCH3 is 2. The van der Waals surface area contributed by atoms with Gasteiger partial charge in [-0.2, -0.15) is 0 Å². The standard InChI is InChI=1S/C21H26FNO4/c1-4-18(27-17-10-8-16(22)9-11-17)21(24)23-13-5-6-15-7-12-19(25-2)20(14-15)26-3/h7-12,14,18H,4-6,13H2,1-3H3,(H,23,24)/t18-/m0/s1. The van der Waals surface area contributed by atoms with Crippen LogP contribution in [0.15, 0.2) is 42.5 Å². The molecule has 0 bridgehead atoms. The molecule has 0 aliphatic heterocycles. The normalized spacial score (nSPS) is 11.6. The molecule has 0 radical (unpaired) electrons. The van der Waals surface area contributed by atoms with Crippen molar-refractivity contribution in [3.05, 3.63) is 53.8 Å². The maximum atomic E-state index is 13.0. The van der Waals surface area contributed by atoms with E-state index in [9.17, 15) is 9.18 Å². The van der Waals surface area contributed by atoms with E-state index >= 15 is 0 Å². The molecule has 1 amide bonds. The number of rotatable bonds is 10. The minimum atomic E-state index is -0.600. The lowest BCUT2D eigenvalue weighted by Crippen LogP contribution is -2.38. The molecule has 0 aliphatic rings. The summed E-state index contributed by atoms with van der Waals surface area (Å²) < 4.78 is 29.1. The molecule has 0 aromatic heterocycles. The number of hydrogen-bond donors (Lipinski definition) is 1. The number of halogens is 1. The maximum Gasteiger partial charge on any atom is 0.261 e. The number of benzene rings is 2. The highest BCUT2D eigenvalue weighted by atomic mass is 19.1. The van der Waals surface area contributed by atoms with Crippen molar-refractivity contribution >= 4 is 5.91 Å². The average molecular weight is 375 g/mol. The van der Waals surface area contributed by atoms with Gasteiger partial charge in [-0.1, -0.05) is 13.0 Å². The Morgan fingerprint density at radius 2 is 1.78 bits per heavy atom. The summed E-state index contributed by atoms with van der Waals surface area (Å²) in [6.45, 7) is 2.41. The maximum absolute atomic E-state index is 13.0. The molecule has 1 atom stereocenters. The van der Waals surface area contributed by atoms with Crippen molar-refractivity contribution in [3.8, 4) is 17.2 Å². The summed E-state index contributed by atoms with van der Waals surface area (Å²) in [4.78, 5) is 12.3. The third kappa shape index (κ3) is 6.16. The molecule has 0 heterocycles. The second-order valence-electron chi connectivity index (χ2n) is 6.05. The van der Waals surface area contributed by atoms with E-state index < -0.39 is 6.10 Å². The lowest BCUT2D eigenvalue weighted by molar-refractivity contribution is -0.128. The van der Waals surface area contributed by atoms with E-state index in [1.54, 1.807) is 14.2 Å². The Morgan fingerprint density at radius 1 is 1.07 bits per heavy atom. The molecule has 2 aromatic carbocycles. The first kappa shape index (κ1) is 20.6. The van der Waals surface area contributed by atoms with E-state index in [0.717, 1.165) is 18.4 Å². The first-order valence-corrected chi connectivity index (χ1v) is 8.98. The Labute approximate surface area is 159 Å². The molecular weight excluding hydrogens is 349 g/mol. The third-order valence-corrected chi connectivity index (χ3v) is 4.14. The summed E-state index contributed by atoms with van der Waals surface area (Å²) in [5.74, 6) is 1.35. The van der Waals surface area contributed by atoms with Gasteiger partial charge in [-0.3, -0.25) is 4.79 Å². The van der Waals surface area contributed by atoms with Crippen LogP contribution in [0.1, 0.15) is 25.3 Å². The number of hydrogen-bond acceptors (Lipinski definition) is 4. The lowest BCUT2D eigenvalue weighted by Gasteiger charge is -2.17. The molecule has 2 rings (SSSR count). The van der Waals surface area contributed by atoms with Gasteiger partial charge >= 0.3 is 0 Å². The van der Waals surface area contributed by atoms with Gasteiger partial charge in [-0.25, -0.2) is 4.39 Å². The highest BCUT2D eigenvalue weighted by molar-refractivity contribution is 5.81. The van der Waals surface area contributed by atoms with Crippen LogP contribution in [0, 0.1) is 5.82 Å². The van der Waals surface area contributed by atoms with Crippen molar-refractivity contribution in [2.24, 2.45) is 0 Å². The predicted octanol–water partition coefficient (Wildman–Crippen LogP) is 3.75. The van der Waals surface area contributed by atoms with Gasteiger partial charge in [-0.15, -0.1) is 0 Å². The van der Waals surface area contributed by atoms with Crippen LogP contribution < -0.4 is 19.5 Å². The Balaban J connectivity index is 1.79. The van der Waals surface area contributed by atoms with Crippen LogP contribution in [0.2, 0.25) is 0 Å². The van der Waals surface area contributed by atoms with Gasteiger partial charge in [0.15, 0.2) is 17.6 Å². The van der Waals surface area contributed by atoms with Gasteiger partial charge in [0, 0.05) is 6.54 Å². The fourth-order valence-corrected chi connectivity index (χ4v) is 2.65. The van der Waals surface area contributed by atoms with Crippen LogP contribution in [0.25, 0.3) is 0 Å². The number of aryl methyl sites for hydroxylation is 1. The molecule has 1 N–H and O–H groups in total. The van der Waals surface area contributed by atoms with E-state index in [0.29, 0.717) is 30.2 Å². The van der Waals surface area contributed by atoms with Crippen LogP contribution >= 0.6 is 0 Å². The lowest BCUT2D eigenvalue weighted by atomic mass is 10.1. The molecular formula is C21H26FNO4. The van der Waals surface area contributed by atoms with Crippen molar-refractivity contribution in [1.29, 1.82) is 0 Å². The van der Waals surface area contributed by atoms with Crippen molar-refractivity contribution in [3.63, 3.8) is 0 Å². The van der Waals surface area contributed by atoms with E-state index in [1.165, 1.54) is 24.3 Å². The van der Waals surface area contributed by atoms with Crippen LogP contribution in [-0.4, -0.2) is 32.8 Å². The number of carbonyl (C=O) groups is 1. The Morgan fingerprint density at radius 3 is 2.41 bits per heavy atom. The minimum Gasteiger partial charge on any atom is -0.493 e. The molecule has 0 saturated carbocycles. The molecule has 2 aromatic rings. The van der Waals surface area contributed by atoms with Gasteiger partial charge < -0.3 is 19.5 Å². The molecule has 27 heavy (non-hydrogen) atoms. The second-order valence-corrected chi connectivity index (χ2v) is 6.05. The molecule has 0 aliphatic carbocycles. The first-order valence-electron chi connectivity index (χ1n) is 8.98. The zero-order valence-corrected chi connectivity index (χ0v) is 16.0. The summed E-state index contributed by atoms with van der Waals surface area (Å²) in [6.07, 6.45) is 1.51. The van der Waals surface area contributed by atoms with Gasteiger partial charge in [0.2, 0.25) is 0 Å². The van der Waals surface area contributed by atoms with Crippen LogP contribution in [0.5, 0.6) is 17.2 Å². The second kappa shape index (κ2) is 10.4. The monoisotopic (exact) mass is 375 g/mol. The van der Waals surface area contributed by atoms with Crippen molar-refractivity contribution in [2.45, 2.75) is 32.3 Å². The van der Waals surface area contributed by atoms with Gasteiger partial charge in [0.25, 0.3) is 5.91 Å². The van der Waals surface area contributed by atoms with E-state index in [4.69, 9.17) is 14.2 Å². The van der Waals surface area contributed by atoms with Crippen molar-refractivity contribution in [2.75, 3.05) is 20.8 Å². The topological polar surface area (TPSA) is 56.8 Å². The summed E-state index contributed by atoms with van der Waals surface area (Å²) in [5, 5.41) is 2.89. The number of nitrogens with one attached hydrogen (secondary N) is 1. The third-order valence-electron chi connectivity index (χ3n) is 4.14. The molecule has 0 spiro atoms. The van der Waals surface area contributed by atoms with E-state index in [2.05, 4.69) is 5.32 Å². The van der Waals surface area contributed by atoms with Gasteiger partial charge in [-0.05, 0) is 61.2 Å². The summed E-state index contributed by atoms with van der Waals surface area (Å²) >= 11 is 0. The predicted molar refractivity (Wildman–Crippen MR) is 102 cm³/mol. The first-order chi connectivity index (χ1) is 13.1. The summed E-state index contributed by atoms with van der Waals surface area (Å²) in [7, 11) is 3.21. The Hall–Kier alpha value is -2.76. The molecule has 0 saturated heterocycles.